The van der Waals surface area contributed by atoms with Crippen LogP contribution in [0.3, 0.4) is 0 Å². The van der Waals surface area contributed by atoms with Crippen molar-refractivity contribution in [3.8, 4) is 0 Å². The molecule has 2 fully saturated rings. The molecule has 0 aromatic rings. The van der Waals surface area contributed by atoms with Crippen LogP contribution in [0.15, 0.2) is 0 Å². The molecule has 2 aliphatic rings. The molecule has 2 aliphatic heterocycles. The number of amides is 2. The molecule has 0 aromatic heterocycles. The van der Waals surface area contributed by atoms with Crippen molar-refractivity contribution in [1.29, 1.82) is 0 Å². The highest BCUT2D eigenvalue weighted by Crippen LogP contribution is 2.25. The third-order valence-electron chi connectivity index (χ3n) is 4.77. The lowest BCUT2D eigenvalue weighted by atomic mass is 9.96. The van der Waals surface area contributed by atoms with Gasteiger partial charge in [-0.2, -0.15) is 0 Å². The number of aliphatic hydroxyl groups is 6. The van der Waals surface area contributed by atoms with Gasteiger partial charge in [-0.15, -0.1) is 0 Å². The lowest BCUT2D eigenvalue weighted by molar-refractivity contribution is -0.297. The largest absolute Gasteiger partial charge is 0.394 e. The molecule has 6 unspecified atom stereocenters. The van der Waals surface area contributed by atoms with E-state index in [-0.39, 0.29) is 0 Å². The summed E-state index contributed by atoms with van der Waals surface area (Å²) >= 11 is 0. The van der Waals surface area contributed by atoms with Gasteiger partial charge in [-0.3, -0.25) is 9.59 Å². The van der Waals surface area contributed by atoms with Crippen molar-refractivity contribution in [3.63, 3.8) is 0 Å². The molecule has 10 atom stereocenters. The van der Waals surface area contributed by atoms with Crippen molar-refractivity contribution in [2.45, 2.75) is 75.1 Å². The van der Waals surface area contributed by atoms with Crippen molar-refractivity contribution < 1.29 is 54.4 Å². The number of aliphatic hydroxyl groups excluding tert-OH is 6. The molecule has 2 heterocycles. The number of carbonyl (C=O) groups is 2. The first-order chi connectivity index (χ1) is 13.6. The van der Waals surface area contributed by atoms with Crippen LogP contribution in [0.4, 0.5) is 0 Å². The fourth-order valence-electron chi connectivity index (χ4n) is 3.28. The van der Waals surface area contributed by atoms with Gasteiger partial charge in [0.2, 0.25) is 11.8 Å². The molecule has 0 aliphatic carbocycles. The van der Waals surface area contributed by atoms with Gasteiger partial charge in [-0.05, 0) is 0 Å². The van der Waals surface area contributed by atoms with Gasteiger partial charge in [0.05, 0.1) is 13.2 Å². The minimum atomic E-state index is -1.64. The Bertz CT molecular complexity index is 579. The van der Waals surface area contributed by atoms with Crippen LogP contribution < -0.4 is 10.6 Å². The van der Waals surface area contributed by atoms with E-state index in [1.54, 1.807) is 0 Å². The van der Waals surface area contributed by atoms with Crippen LogP contribution in [0, 0.1) is 0 Å². The predicted molar refractivity (Wildman–Crippen MR) is 91.8 cm³/mol. The molecular formula is C16H28N2O11. The van der Waals surface area contributed by atoms with Gasteiger partial charge in [0, 0.05) is 13.8 Å². The maximum absolute atomic E-state index is 11.4. The van der Waals surface area contributed by atoms with E-state index in [2.05, 4.69) is 10.6 Å². The summed E-state index contributed by atoms with van der Waals surface area (Å²) in [6, 6.07) is -2.46. The van der Waals surface area contributed by atoms with E-state index in [1.807, 2.05) is 0 Å². The second-order valence-electron chi connectivity index (χ2n) is 7.04. The topological polar surface area (TPSA) is 207 Å². The molecular weight excluding hydrogens is 396 g/mol. The summed E-state index contributed by atoms with van der Waals surface area (Å²) in [5.74, 6) is -1.09. The van der Waals surface area contributed by atoms with Gasteiger partial charge >= 0.3 is 0 Å². The van der Waals surface area contributed by atoms with Gasteiger partial charge in [0.1, 0.15) is 48.7 Å². The Morgan fingerprint density at radius 2 is 1.34 bits per heavy atom. The average molecular weight is 424 g/mol. The van der Waals surface area contributed by atoms with Crippen LogP contribution in [0.2, 0.25) is 0 Å². The van der Waals surface area contributed by atoms with E-state index in [0.29, 0.717) is 0 Å². The van der Waals surface area contributed by atoms with Crippen LogP contribution in [0.25, 0.3) is 0 Å². The second kappa shape index (κ2) is 10.1. The van der Waals surface area contributed by atoms with Crippen LogP contribution >= 0.6 is 0 Å². The van der Waals surface area contributed by atoms with Crippen LogP contribution in [0.5, 0.6) is 0 Å². The number of nitrogens with one attached hydrogen (secondary N) is 2. The van der Waals surface area contributed by atoms with Crippen molar-refractivity contribution in [3.05, 3.63) is 0 Å². The summed E-state index contributed by atoms with van der Waals surface area (Å²) in [4.78, 5) is 22.6. The maximum Gasteiger partial charge on any atom is 0.217 e. The molecule has 8 N–H and O–H groups in total. The molecule has 13 heteroatoms. The maximum atomic E-state index is 11.4. The first-order valence-electron chi connectivity index (χ1n) is 9.04. The first-order valence-corrected chi connectivity index (χ1v) is 9.04. The number of hydrogen-bond acceptors (Lipinski definition) is 11. The van der Waals surface area contributed by atoms with Crippen LogP contribution in [0.1, 0.15) is 13.8 Å². The molecule has 13 nitrogen and oxygen atoms in total. The summed E-state index contributed by atoms with van der Waals surface area (Å²) < 4.78 is 16.0. The molecule has 168 valence electrons. The van der Waals surface area contributed by atoms with Gasteiger partial charge in [-0.1, -0.05) is 0 Å². The van der Waals surface area contributed by atoms with E-state index in [1.165, 1.54) is 13.8 Å². The molecule has 0 aromatic carbocycles. The molecule has 2 rings (SSSR count). The zero-order valence-corrected chi connectivity index (χ0v) is 15.9. The summed E-state index contributed by atoms with van der Waals surface area (Å²) in [5, 5.41) is 64.4. The van der Waals surface area contributed by atoms with Gasteiger partial charge in [0.15, 0.2) is 12.6 Å². The lowest BCUT2D eigenvalue weighted by Gasteiger charge is -2.44. The zero-order chi connectivity index (χ0) is 21.9. The molecule has 0 bridgehead atoms. The van der Waals surface area contributed by atoms with Gasteiger partial charge < -0.3 is 55.5 Å². The van der Waals surface area contributed by atoms with Crippen molar-refractivity contribution >= 4 is 11.8 Å². The van der Waals surface area contributed by atoms with Crippen molar-refractivity contribution in [2.75, 3.05) is 13.2 Å². The summed E-state index contributed by atoms with van der Waals surface area (Å²) in [6.07, 6.45) is -11.5. The van der Waals surface area contributed by atoms with Gasteiger partial charge in [0.25, 0.3) is 0 Å². The van der Waals surface area contributed by atoms with E-state index >= 15 is 0 Å². The smallest absolute Gasteiger partial charge is 0.217 e. The first kappa shape index (κ1) is 23.9. The minimum absolute atomic E-state index is 0.455. The third kappa shape index (κ3) is 5.59. The molecule has 2 amide bonds. The molecule has 29 heavy (non-hydrogen) atoms. The highest BCUT2D eigenvalue weighted by Gasteiger charge is 2.48. The number of ether oxygens (including phenoxy) is 3. The van der Waals surface area contributed by atoms with Crippen molar-refractivity contribution in [1.82, 2.24) is 10.6 Å². The normalized spacial score (nSPS) is 42.9. The Kier molecular flexibility index (Phi) is 8.28. The van der Waals surface area contributed by atoms with E-state index < -0.39 is 86.3 Å². The number of hydrogen-bond donors (Lipinski definition) is 8. The zero-order valence-electron chi connectivity index (χ0n) is 15.9. The summed E-state index contributed by atoms with van der Waals surface area (Å²) in [7, 11) is 0. The summed E-state index contributed by atoms with van der Waals surface area (Å²) in [6.45, 7) is 1.26. The van der Waals surface area contributed by atoms with E-state index in [4.69, 9.17) is 14.2 Å². The van der Waals surface area contributed by atoms with E-state index in [9.17, 15) is 40.2 Å². The van der Waals surface area contributed by atoms with Crippen molar-refractivity contribution in [2.24, 2.45) is 0 Å². The molecule has 0 saturated carbocycles. The lowest BCUT2D eigenvalue weighted by Crippen LogP contribution is -2.66. The minimum Gasteiger partial charge on any atom is -0.394 e. The standard InChI is InChI=1S/C16H28N2O11/c1-5(20)17-9-13(24)12(23)8(28-15(9)26)4-27-16-10(18-6(2)21)14(25)11(22)7(3-19)29-16/h7-16,19,22-26H,3-4H2,1-2H3,(H,17,20)(H,18,21)/t7?,8?,9?,10?,11-,12+,13?,14?,15-,16-/m1/s1. The fraction of sp³-hybridized carbons (Fsp3) is 0.875. The number of carbonyl (C=O) groups excluding carboxylic acids is 2. The molecule has 0 radical (unpaired) electrons. The Labute approximate surface area is 166 Å². The Balaban J connectivity index is 2.05. The molecule has 0 spiro atoms. The SMILES string of the molecule is CC(=O)NC1C(O)[C@H](O)C(CO)O[C@H]1OCC1O[C@@H](O)C(NC(C)=O)C(O)[C@H]1O. The monoisotopic (exact) mass is 424 g/mol. The average Bonchev–Trinajstić information content (AvgIpc) is 2.65. The highest BCUT2D eigenvalue weighted by atomic mass is 16.7. The summed E-state index contributed by atoms with van der Waals surface area (Å²) in [5.41, 5.74) is 0. The quantitative estimate of drug-likeness (QED) is 0.202. The Hall–Kier alpha value is -1.42. The van der Waals surface area contributed by atoms with E-state index in [0.717, 1.165) is 0 Å². The fourth-order valence-corrected chi connectivity index (χ4v) is 3.28. The van der Waals surface area contributed by atoms with Crippen LogP contribution in [-0.4, -0.2) is 117 Å². The molecule has 2 saturated heterocycles. The Morgan fingerprint density at radius 3 is 1.90 bits per heavy atom. The van der Waals surface area contributed by atoms with Crippen LogP contribution in [-0.2, 0) is 23.8 Å². The predicted octanol–water partition coefficient (Wildman–Crippen LogP) is -5.11. The second-order valence-corrected chi connectivity index (χ2v) is 7.04. The Morgan fingerprint density at radius 1 is 0.828 bits per heavy atom. The number of rotatable bonds is 6. The third-order valence-corrected chi connectivity index (χ3v) is 4.77. The van der Waals surface area contributed by atoms with Gasteiger partial charge in [-0.25, -0.2) is 0 Å². The highest BCUT2D eigenvalue weighted by molar-refractivity contribution is 5.73.